The maximum absolute atomic E-state index is 11.9. The summed E-state index contributed by atoms with van der Waals surface area (Å²) in [6.45, 7) is 2.04. The van der Waals surface area contributed by atoms with E-state index < -0.39 is 0 Å². The molecule has 1 aliphatic heterocycles. The van der Waals surface area contributed by atoms with Crippen LogP contribution in [0.2, 0.25) is 0 Å². The zero-order chi connectivity index (χ0) is 12.8. The van der Waals surface area contributed by atoms with Crippen LogP contribution in [0.25, 0.3) is 0 Å². The minimum atomic E-state index is -0.173. The molecule has 1 aromatic carbocycles. The number of hydrogen-bond acceptors (Lipinski definition) is 2. The maximum atomic E-state index is 11.9. The van der Waals surface area contributed by atoms with E-state index in [0.717, 1.165) is 29.5 Å². The van der Waals surface area contributed by atoms with Crippen molar-refractivity contribution in [1.29, 1.82) is 0 Å². The van der Waals surface area contributed by atoms with E-state index in [1.54, 1.807) is 0 Å². The van der Waals surface area contributed by atoms with Crippen molar-refractivity contribution in [3.63, 3.8) is 0 Å². The highest BCUT2D eigenvalue weighted by atomic mass is 127. The summed E-state index contributed by atoms with van der Waals surface area (Å²) in [5.74, 6) is 0.628. The van der Waals surface area contributed by atoms with Crippen LogP contribution in [0.5, 0.6) is 0 Å². The minimum Gasteiger partial charge on any atom is -0.445 e. The van der Waals surface area contributed by atoms with Crippen LogP contribution in [0, 0.1) is 5.92 Å². The lowest BCUT2D eigenvalue weighted by Crippen LogP contribution is -2.40. The van der Waals surface area contributed by atoms with Gasteiger partial charge in [-0.3, -0.25) is 0 Å². The highest BCUT2D eigenvalue weighted by molar-refractivity contribution is 14.1. The van der Waals surface area contributed by atoms with Gasteiger partial charge in [-0.15, -0.1) is 0 Å². The van der Waals surface area contributed by atoms with Gasteiger partial charge in [-0.2, -0.15) is 0 Å². The van der Waals surface area contributed by atoms with Crippen LogP contribution in [-0.4, -0.2) is 28.5 Å². The average molecular weight is 359 g/mol. The summed E-state index contributed by atoms with van der Waals surface area (Å²) >= 11 is 2.39. The fraction of sp³-hybridized carbons (Fsp3) is 0.500. The molecule has 18 heavy (non-hydrogen) atoms. The molecular formula is C14H18INO2. The van der Waals surface area contributed by atoms with Gasteiger partial charge in [0.25, 0.3) is 0 Å². The summed E-state index contributed by atoms with van der Waals surface area (Å²) in [4.78, 5) is 13.8. The van der Waals surface area contributed by atoms with E-state index in [2.05, 4.69) is 22.6 Å². The van der Waals surface area contributed by atoms with Gasteiger partial charge >= 0.3 is 6.09 Å². The van der Waals surface area contributed by atoms with Crippen molar-refractivity contribution >= 4 is 28.7 Å². The van der Waals surface area contributed by atoms with Crippen molar-refractivity contribution in [1.82, 2.24) is 4.90 Å². The first-order valence-electron chi connectivity index (χ1n) is 6.31. The number of likely N-dealkylation sites (tertiary alicyclic amines) is 1. The molecule has 3 nitrogen and oxygen atoms in total. The molecule has 1 saturated heterocycles. The Labute approximate surface area is 122 Å². The molecule has 0 bridgehead atoms. The zero-order valence-corrected chi connectivity index (χ0v) is 12.5. The van der Waals surface area contributed by atoms with Gasteiger partial charge in [0.1, 0.15) is 6.61 Å². The SMILES string of the molecule is O=C(OCc1ccccc1)N1CCC[C@@H](CI)C1. The molecule has 1 fully saturated rings. The molecule has 0 spiro atoms. The van der Waals surface area contributed by atoms with Crippen LogP contribution < -0.4 is 0 Å². The number of rotatable bonds is 3. The van der Waals surface area contributed by atoms with Gasteiger partial charge in [0.15, 0.2) is 0 Å². The molecule has 0 saturated carbocycles. The second kappa shape index (κ2) is 6.97. The molecule has 0 radical (unpaired) electrons. The van der Waals surface area contributed by atoms with Crippen LogP contribution in [0.3, 0.4) is 0 Å². The summed E-state index contributed by atoms with van der Waals surface area (Å²) in [5, 5.41) is 0. The average Bonchev–Trinajstić information content (AvgIpc) is 2.46. The van der Waals surface area contributed by atoms with Gasteiger partial charge in [-0.1, -0.05) is 52.9 Å². The van der Waals surface area contributed by atoms with Crippen molar-refractivity contribution in [3.8, 4) is 0 Å². The first-order chi connectivity index (χ1) is 8.79. The minimum absolute atomic E-state index is 0.173. The Morgan fingerprint density at radius 1 is 1.39 bits per heavy atom. The summed E-state index contributed by atoms with van der Waals surface area (Å²) in [6, 6.07) is 9.81. The maximum Gasteiger partial charge on any atom is 0.410 e. The van der Waals surface area contributed by atoms with Crippen LogP contribution >= 0.6 is 22.6 Å². The second-order valence-electron chi connectivity index (χ2n) is 4.65. The largest absolute Gasteiger partial charge is 0.445 e. The molecule has 0 unspecified atom stereocenters. The molecule has 4 heteroatoms. The number of halogens is 1. The van der Waals surface area contributed by atoms with E-state index in [1.165, 1.54) is 6.42 Å². The van der Waals surface area contributed by atoms with E-state index in [9.17, 15) is 4.79 Å². The molecule has 1 atom stereocenters. The third-order valence-corrected chi connectivity index (χ3v) is 4.45. The molecule has 0 N–H and O–H groups in total. The summed E-state index contributed by atoms with van der Waals surface area (Å²) < 4.78 is 6.46. The number of ether oxygens (including phenoxy) is 1. The van der Waals surface area contributed by atoms with Crippen molar-refractivity contribution in [3.05, 3.63) is 35.9 Å². The topological polar surface area (TPSA) is 29.5 Å². The number of nitrogens with zero attached hydrogens (tertiary/aromatic N) is 1. The lowest BCUT2D eigenvalue weighted by atomic mass is 10.0. The van der Waals surface area contributed by atoms with Gasteiger partial charge in [-0.05, 0) is 24.3 Å². The molecule has 0 aromatic heterocycles. The highest BCUT2D eigenvalue weighted by Gasteiger charge is 2.23. The molecule has 1 amide bonds. The Hall–Kier alpha value is -0.780. The van der Waals surface area contributed by atoms with Crippen molar-refractivity contribution in [2.45, 2.75) is 19.4 Å². The molecule has 98 valence electrons. The van der Waals surface area contributed by atoms with Crippen molar-refractivity contribution < 1.29 is 9.53 Å². The third kappa shape index (κ3) is 3.86. The number of benzene rings is 1. The fourth-order valence-corrected chi connectivity index (χ4v) is 2.89. The van der Waals surface area contributed by atoms with E-state index in [1.807, 2.05) is 35.2 Å². The number of amides is 1. The molecule has 0 aliphatic carbocycles. The second-order valence-corrected chi connectivity index (χ2v) is 5.53. The van der Waals surface area contributed by atoms with Crippen molar-refractivity contribution in [2.75, 3.05) is 17.5 Å². The number of piperidine rings is 1. The lowest BCUT2D eigenvalue weighted by molar-refractivity contribution is 0.0817. The van der Waals surface area contributed by atoms with Gasteiger partial charge in [-0.25, -0.2) is 4.79 Å². The van der Waals surface area contributed by atoms with E-state index >= 15 is 0 Å². The number of alkyl halides is 1. The highest BCUT2D eigenvalue weighted by Crippen LogP contribution is 2.19. The van der Waals surface area contributed by atoms with Gasteiger partial charge in [0.05, 0.1) is 0 Å². The Morgan fingerprint density at radius 2 is 2.17 bits per heavy atom. The smallest absolute Gasteiger partial charge is 0.410 e. The lowest BCUT2D eigenvalue weighted by Gasteiger charge is -2.31. The number of carbonyl (C=O) groups is 1. The van der Waals surface area contributed by atoms with E-state index in [4.69, 9.17) is 4.74 Å². The summed E-state index contributed by atoms with van der Waals surface area (Å²) in [5.41, 5.74) is 1.04. The molecular weight excluding hydrogens is 341 g/mol. The molecule has 1 aliphatic rings. The summed E-state index contributed by atoms with van der Waals surface area (Å²) in [6.07, 6.45) is 2.15. The Bertz CT molecular complexity index is 383. The van der Waals surface area contributed by atoms with Gasteiger partial charge < -0.3 is 9.64 Å². The Morgan fingerprint density at radius 3 is 2.89 bits per heavy atom. The van der Waals surface area contributed by atoms with Crippen LogP contribution in [0.4, 0.5) is 4.79 Å². The quantitative estimate of drug-likeness (QED) is 0.611. The standard InChI is InChI=1S/C14H18INO2/c15-9-13-7-4-8-16(10-13)14(17)18-11-12-5-2-1-3-6-12/h1-3,5-6,13H,4,7-11H2/t13-/m0/s1. The van der Waals surface area contributed by atoms with E-state index in [0.29, 0.717) is 12.5 Å². The predicted octanol–water partition coefficient (Wildman–Crippen LogP) is 3.47. The molecule has 1 heterocycles. The van der Waals surface area contributed by atoms with Crippen LogP contribution in [-0.2, 0) is 11.3 Å². The first kappa shape index (κ1) is 13.6. The van der Waals surface area contributed by atoms with Crippen LogP contribution in [0.1, 0.15) is 18.4 Å². The van der Waals surface area contributed by atoms with Gasteiger partial charge in [0.2, 0.25) is 0 Å². The number of hydrogen-bond donors (Lipinski definition) is 0. The Kier molecular flexibility index (Phi) is 5.28. The number of carbonyl (C=O) groups excluding carboxylic acids is 1. The molecule has 2 rings (SSSR count). The monoisotopic (exact) mass is 359 g/mol. The normalized spacial score (nSPS) is 19.6. The third-order valence-electron chi connectivity index (χ3n) is 3.20. The van der Waals surface area contributed by atoms with Gasteiger partial charge in [0, 0.05) is 17.5 Å². The first-order valence-corrected chi connectivity index (χ1v) is 7.83. The predicted molar refractivity (Wildman–Crippen MR) is 79.8 cm³/mol. The summed E-state index contributed by atoms with van der Waals surface area (Å²) in [7, 11) is 0. The van der Waals surface area contributed by atoms with E-state index in [-0.39, 0.29) is 6.09 Å². The van der Waals surface area contributed by atoms with Crippen LogP contribution in [0.15, 0.2) is 30.3 Å². The van der Waals surface area contributed by atoms with Crippen molar-refractivity contribution in [2.24, 2.45) is 5.92 Å². The zero-order valence-electron chi connectivity index (χ0n) is 10.3. The molecule has 1 aromatic rings. The fourth-order valence-electron chi connectivity index (χ4n) is 2.17. The Balaban J connectivity index is 1.81.